The lowest BCUT2D eigenvalue weighted by Crippen LogP contribution is -2.35. The Bertz CT molecular complexity index is 260. The van der Waals surface area contributed by atoms with Crippen LogP contribution < -0.4 is 0 Å². The molecular formula is C13H24N2O. The van der Waals surface area contributed by atoms with Gasteiger partial charge >= 0.3 is 0 Å². The molecule has 0 aromatic heterocycles. The van der Waals surface area contributed by atoms with Gasteiger partial charge in [0.15, 0.2) is 0 Å². The van der Waals surface area contributed by atoms with Crippen LogP contribution in [0.4, 0.5) is 0 Å². The Morgan fingerprint density at radius 3 is 2.38 bits per heavy atom. The summed E-state index contributed by atoms with van der Waals surface area (Å²) < 4.78 is 0. The van der Waals surface area contributed by atoms with Gasteiger partial charge in [0.1, 0.15) is 6.54 Å². The minimum Gasteiger partial charge on any atom is -0.329 e. The van der Waals surface area contributed by atoms with Crippen LogP contribution in [0.3, 0.4) is 0 Å². The fraction of sp³-hybridized carbons (Fsp3) is 0.846. The van der Waals surface area contributed by atoms with Crippen LogP contribution in [0.15, 0.2) is 0 Å². The van der Waals surface area contributed by atoms with Crippen molar-refractivity contribution in [1.29, 1.82) is 5.26 Å². The van der Waals surface area contributed by atoms with Gasteiger partial charge in [-0.3, -0.25) is 4.79 Å². The Morgan fingerprint density at radius 2 is 2.00 bits per heavy atom. The maximum Gasteiger partial charge on any atom is 0.223 e. The molecule has 92 valence electrons. The van der Waals surface area contributed by atoms with E-state index in [1.54, 1.807) is 4.90 Å². The summed E-state index contributed by atoms with van der Waals surface area (Å²) in [7, 11) is 0. The topological polar surface area (TPSA) is 44.1 Å². The first kappa shape index (κ1) is 15.0. The maximum absolute atomic E-state index is 12.0. The van der Waals surface area contributed by atoms with Crippen LogP contribution in [0.1, 0.15) is 47.5 Å². The molecule has 1 amide bonds. The Morgan fingerprint density at radius 1 is 1.44 bits per heavy atom. The zero-order chi connectivity index (χ0) is 12.8. The highest BCUT2D eigenvalue weighted by Crippen LogP contribution is 2.28. The molecule has 1 unspecified atom stereocenters. The van der Waals surface area contributed by atoms with E-state index in [9.17, 15) is 4.79 Å². The summed E-state index contributed by atoms with van der Waals surface area (Å²) >= 11 is 0. The molecule has 0 saturated carbocycles. The van der Waals surface area contributed by atoms with Gasteiger partial charge in [-0.15, -0.1) is 0 Å². The Kier molecular flexibility index (Phi) is 6.10. The largest absolute Gasteiger partial charge is 0.329 e. The molecule has 0 rings (SSSR count). The highest BCUT2D eigenvalue weighted by molar-refractivity contribution is 5.76. The number of hydrogen-bond donors (Lipinski definition) is 0. The van der Waals surface area contributed by atoms with E-state index in [2.05, 4.69) is 33.8 Å². The van der Waals surface area contributed by atoms with Crippen molar-refractivity contribution in [3.8, 4) is 6.07 Å². The molecule has 0 spiro atoms. The number of amides is 1. The van der Waals surface area contributed by atoms with Gasteiger partial charge in [-0.2, -0.15) is 5.26 Å². The van der Waals surface area contributed by atoms with E-state index in [-0.39, 0.29) is 17.9 Å². The molecule has 0 aliphatic heterocycles. The molecule has 0 aliphatic rings. The molecule has 0 radical (unpaired) electrons. The van der Waals surface area contributed by atoms with Crippen molar-refractivity contribution in [2.75, 3.05) is 13.1 Å². The van der Waals surface area contributed by atoms with Crippen molar-refractivity contribution in [2.24, 2.45) is 11.3 Å². The fourth-order valence-electron chi connectivity index (χ4n) is 1.34. The van der Waals surface area contributed by atoms with Gasteiger partial charge in [0.2, 0.25) is 5.91 Å². The molecule has 0 aromatic rings. The normalized spacial score (nSPS) is 13.0. The van der Waals surface area contributed by atoms with Gasteiger partial charge in [0.05, 0.1) is 6.07 Å². The second-order valence-corrected chi connectivity index (χ2v) is 5.44. The summed E-state index contributed by atoms with van der Waals surface area (Å²) in [6, 6.07) is 2.05. The van der Waals surface area contributed by atoms with Crippen LogP contribution in [-0.2, 0) is 4.79 Å². The van der Waals surface area contributed by atoms with Crippen molar-refractivity contribution < 1.29 is 4.79 Å². The van der Waals surface area contributed by atoms with Crippen LogP contribution in [0.2, 0.25) is 0 Å². The molecule has 3 nitrogen and oxygen atoms in total. The fourth-order valence-corrected chi connectivity index (χ4v) is 1.34. The van der Waals surface area contributed by atoms with E-state index in [0.717, 1.165) is 6.42 Å². The summed E-state index contributed by atoms with van der Waals surface area (Å²) in [6.45, 7) is 11.4. The van der Waals surface area contributed by atoms with Gasteiger partial charge in [-0.25, -0.2) is 0 Å². The zero-order valence-corrected chi connectivity index (χ0v) is 11.2. The molecule has 0 aliphatic carbocycles. The van der Waals surface area contributed by atoms with Crippen molar-refractivity contribution in [2.45, 2.75) is 47.5 Å². The average Bonchev–Trinajstić information content (AvgIpc) is 2.15. The average molecular weight is 224 g/mol. The van der Waals surface area contributed by atoms with E-state index in [1.807, 2.05) is 6.92 Å². The van der Waals surface area contributed by atoms with Crippen LogP contribution >= 0.6 is 0 Å². The van der Waals surface area contributed by atoms with E-state index in [1.165, 1.54) is 0 Å². The second kappa shape index (κ2) is 6.52. The SMILES string of the molecule is CCCN(CC#N)C(=O)CC(C)C(C)(C)C. The van der Waals surface area contributed by atoms with Crippen LogP contribution in [0.25, 0.3) is 0 Å². The predicted octanol–water partition coefficient (Wildman–Crippen LogP) is 2.82. The molecule has 0 fully saturated rings. The Balaban J connectivity index is 4.36. The second-order valence-electron chi connectivity index (χ2n) is 5.44. The third-order valence-corrected chi connectivity index (χ3v) is 3.07. The third kappa shape index (κ3) is 5.16. The smallest absolute Gasteiger partial charge is 0.223 e. The number of hydrogen-bond acceptors (Lipinski definition) is 2. The summed E-state index contributed by atoms with van der Waals surface area (Å²) in [5.41, 5.74) is 0.139. The molecule has 0 N–H and O–H groups in total. The van der Waals surface area contributed by atoms with Crippen molar-refractivity contribution in [1.82, 2.24) is 4.90 Å². The van der Waals surface area contributed by atoms with Crippen molar-refractivity contribution >= 4 is 5.91 Å². The molecule has 0 saturated heterocycles. The summed E-state index contributed by atoms with van der Waals surface area (Å²) in [5.74, 6) is 0.434. The number of nitrogens with zero attached hydrogens (tertiary/aromatic N) is 2. The van der Waals surface area contributed by atoms with E-state index < -0.39 is 0 Å². The number of rotatable bonds is 5. The molecule has 0 heterocycles. The van der Waals surface area contributed by atoms with Crippen LogP contribution in [0, 0.1) is 22.7 Å². The van der Waals surface area contributed by atoms with Gasteiger partial charge in [-0.05, 0) is 17.8 Å². The molecule has 3 heteroatoms. The summed E-state index contributed by atoms with van der Waals surface area (Å²) in [4.78, 5) is 13.6. The van der Waals surface area contributed by atoms with Crippen LogP contribution in [-0.4, -0.2) is 23.9 Å². The first-order valence-electron chi connectivity index (χ1n) is 5.97. The zero-order valence-electron chi connectivity index (χ0n) is 11.2. The standard InChI is InChI=1S/C13H24N2O/c1-6-8-15(9-7-14)12(16)10-11(2)13(3,4)5/h11H,6,8-10H2,1-5H3. The predicted molar refractivity (Wildman–Crippen MR) is 65.7 cm³/mol. The van der Waals surface area contributed by atoms with Crippen molar-refractivity contribution in [3.63, 3.8) is 0 Å². The summed E-state index contributed by atoms with van der Waals surface area (Å²) in [6.07, 6.45) is 1.43. The minimum absolute atomic E-state index is 0.103. The van der Waals surface area contributed by atoms with Gasteiger partial charge in [0.25, 0.3) is 0 Å². The number of carbonyl (C=O) groups is 1. The lowest BCUT2D eigenvalue weighted by molar-refractivity contribution is -0.132. The Hall–Kier alpha value is -1.04. The van der Waals surface area contributed by atoms with Crippen LogP contribution in [0.5, 0.6) is 0 Å². The van der Waals surface area contributed by atoms with E-state index >= 15 is 0 Å². The van der Waals surface area contributed by atoms with E-state index in [0.29, 0.717) is 18.9 Å². The molecule has 0 bridgehead atoms. The first-order chi connectivity index (χ1) is 7.32. The quantitative estimate of drug-likeness (QED) is 0.674. The Labute approximate surface area is 99.4 Å². The molecule has 0 aromatic carbocycles. The monoisotopic (exact) mass is 224 g/mol. The third-order valence-electron chi connectivity index (χ3n) is 3.07. The highest BCUT2D eigenvalue weighted by Gasteiger charge is 2.24. The molecule has 16 heavy (non-hydrogen) atoms. The number of nitriles is 1. The van der Waals surface area contributed by atoms with Crippen molar-refractivity contribution in [3.05, 3.63) is 0 Å². The minimum atomic E-state index is 0.103. The number of carbonyl (C=O) groups excluding carboxylic acids is 1. The first-order valence-corrected chi connectivity index (χ1v) is 5.97. The summed E-state index contributed by atoms with van der Waals surface area (Å²) in [5, 5.41) is 8.66. The van der Waals surface area contributed by atoms with Gasteiger partial charge in [-0.1, -0.05) is 34.6 Å². The lowest BCUT2D eigenvalue weighted by Gasteiger charge is -2.29. The highest BCUT2D eigenvalue weighted by atomic mass is 16.2. The maximum atomic E-state index is 12.0. The molecular weight excluding hydrogens is 200 g/mol. The molecule has 1 atom stereocenters. The van der Waals surface area contributed by atoms with E-state index in [4.69, 9.17) is 5.26 Å². The van der Waals surface area contributed by atoms with Gasteiger partial charge in [0, 0.05) is 13.0 Å². The lowest BCUT2D eigenvalue weighted by atomic mass is 9.80. The van der Waals surface area contributed by atoms with Gasteiger partial charge < -0.3 is 4.90 Å².